The molecule has 0 saturated heterocycles. The third kappa shape index (κ3) is 1.47. The van der Waals surface area contributed by atoms with Gasteiger partial charge in [-0.05, 0) is 6.08 Å². The molecule has 0 amide bonds. The van der Waals surface area contributed by atoms with Crippen LogP contribution >= 0.6 is 0 Å². The minimum absolute atomic E-state index is 0.00838. The van der Waals surface area contributed by atoms with Crippen molar-refractivity contribution in [3.8, 4) is 0 Å². The molecule has 1 heterocycles. The van der Waals surface area contributed by atoms with E-state index in [1.165, 1.54) is 12.3 Å². The zero-order chi connectivity index (χ0) is 6.69. The first-order valence-corrected chi connectivity index (χ1v) is 2.68. The van der Waals surface area contributed by atoms with Crippen molar-refractivity contribution in [1.29, 1.82) is 0 Å². The lowest BCUT2D eigenvalue weighted by molar-refractivity contribution is -0.113. The van der Waals surface area contributed by atoms with Gasteiger partial charge in [-0.1, -0.05) is 0 Å². The Morgan fingerprint density at radius 1 is 1.78 bits per heavy atom. The molecule has 1 rings (SSSR count). The molecule has 3 heteroatoms. The van der Waals surface area contributed by atoms with Crippen LogP contribution in [0.1, 0.15) is 6.42 Å². The highest BCUT2D eigenvalue weighted by molar-refractivity contribution is 6.09. The Morgan fingerprint density at radius 3 is 3.00 bits per heavy atom. The summed E-state index contributed by atoms with van der Waals surface area (Å²) in [6, 6.07) is 0. The van der Waals surface area contributed by atoms with Crippen molar-refractivity contribution in [2.75, 3.05) is 6.61 Å². The maximum absolute atomic E-state index is 10.6. The van der Waals surface area contributed by atoms with Crippen LogP contribution in [0.3, 0.4) is 0 Å². The fourth-order valence-electron chi connectivity index (χ4n) is 0.628. The van der Waals surface area contributed by atoms with Gasteiger partial charge in [0.1, 0.15) is 0 Å². The molecular weight excluding hydrogens is 118 g/mol. The van der Waals surface area contributed by atoms with Crippen LogP contribution in [-0.4, -0.2) is 23.2 Å². The molecule has 0 unspecified atom stereocenters. The zero-order valence-electron chi connectivity index (χ0n) is 4.87. The summed E-state index contributed by atoms with van der Waals surface area (Å²) in [7, 11) is 0. The lowest BCUT2D eigenvalue weighted by Gasteiger charge is -2.00. The summed E-state index contributed by atoms with van der Waals surface area (Å²) in [5.41, 5.74) is 0.544. The second-order valence-electron chi connectivity index (χ2n) is 1.81. The largest absolute Gasteiger partial charge is 0.390 e. The zero-order valence-corrected chi connectivity index (χ0v) is 4.87. The summed E-state index contributed by atoms with van der Waals surface area (Å²) in [5, 5.41) is 8.49. The van der Waals surface area contributed by atoms with Gasteiger partial charge in [0.25, 0.3) is 0 Å². The Kier molecular flexibility index (Phi) is 1.75. The Labute approximate surface area is 52.7 Å². The van der Waals surface area contributed by atoms with Gasteiger partial charge in [0.15, 0.2) is 5.78 Å². The van der Waals surface area contributed by atoms with Crippen LogP contribution in [0.15, 0.2) is 17.3 Å². The summed E-state index contributed by atoms with van der Waals surface area (Å²) in [6.45, 7) is -0.115. The second kappa shape index (κ2) is 2.55. The highest BCUT2D eigenvalue weighted by atomic mass is 16.3. The van der Waals surface area contributed by atoms with E-state index in [2.05, 4.69) is 4.99 Å². The lowest BCUT2D eigenvalue weighted by Crippen LogP contribution is -2.12. The molecule has 0 aromatic rings. The Balaban J connectivity index is 2.65. The maximum atomic E-state index is 10.6. The lowest BCUT2D eigenvalue weighted by atomic mass is 10.1. The van der Waals surface area contributed by atoms with E-state index in [0.717, 1.165) is 0 Å². The van der Waals surface area contributed by atoms with Gasteiger partial charge in [0, 0.05) is 6.20 Å². The van der Waals surface area contributed by atoms with Gasteiger partial charge in [-0.15, -0.1) is 0 Å². The Bertz CT molecular complexity index is 181. The van der Waals surface area contributed by atoms with Gasteiger partial charge < -0.3 is 5.11 Å². The summed E-state index contributed by atoms with van der Waals surface area (Å²) in [4.78, 5) is 14.3. The molecule has 0 saturated carbocycles. The van der Waals surface area contributed by atoms with E-state index in [4.69, 9.17) is 5.11 Å². The number of aliphatic hydroxyl groups excluding tert-OH is 1. The minimum Gasteiger partial charge on any atom is -0.390 e. The maximum Gasteiger partial charge on any atom is 0.162 e. The predicted octanol–water partition coefficient (Wildman–Crippen LogP) is -0.0938. The normalized spacial score (nSPS) is 17.9. The molecule has 1 aliphatic rings. The van der Waals surface area contributed by atoms with Crippen LogP contribution in [0.4, 0.5) is 0 Å². The van der Waals surface area contributed by atoms with E-state index in [1.807, 2.05) is 0 Å². The molecule has 1 N–H and O–H groups in total. The molecule has 0 atom stereocenters. The monoisotopic (exact) mass is 125 g/mol. The van der Waals surface area contributed by atoms with Crippen LogP contribution in [0, 0.1) is 0 Å². The molecule has 1 aliphatic heterocycles. The topological polar surface area (TPSA) is 49.7 Å². The van der Waals surface area contributed by atoms with Gasteiger partial charge in [-0.3, -0.25) is 9.79 Å². The van der Waals surface area contributed by atoms with Gasteiger partial charge in [0.2, 0.25) is 0 Å². The van der Waals surface area contributed by atoms with E-state index < -0.39 is 0 Å². The van der Waals surface area contributed by atoms with Crippen LogP contribution < -0.4 is 0 Å². The van der Waals surface area contributed by atoms with Gasteiger partial charge >= 0.3 is 0 Å². The van der Waals surface area contributed by atoms with Crippen molar-refractivity contribution in [3.05, 3.63) is 12.3 Å². The number of hydrogen-bond donors (Lipinski definition) is 1. The number of carbonyl (C=O) groups excluding carboxylic acids is 1. The fraction of sp³-hybridized carbons (Fsp3) is 0.333. The molecule has 0 aliphatic carbocycles. The van der Waals surface area contributed by atoms with Gasteiger partial charge in [-0.2, -0.15) is 0 Å². The summed E-state index contributed by atoms with van der Waals surface area (Å²) in [5.74, 6) is 0.00838. The van der Waals surface area contributed by atoms with E-state index >= 15 is 0 Å². The van der Waals surface area contributed by atoms with Crippen molar-refractivity contribution in [2.24, 2.45) is 4.99 Å². The first kappa shape index (κ1) is 6.16. The van der Waals surface area contributed by atoms with E-state index in [1.54, 1.807) is 0 Å². The molecule has 0 bridgehead atoms. The molecule has 0 aromatic carbocycles. The summed E-state index contributed by atoms with van der Waals surface area (Å²) >= 11 is 0. The molecule has 3 nitrogen and oxygen atoms in total. The van der Waals surface area contributed by atoms with Gasteiger partial charge in [-0.25, -0.2) is 0 Å². The van der Waals surface area contributed by atoms with Crippen LogP contribution in [-0.2, 0) is 4.79 Å². The molecule has 0 fully saturated rings. The number of allylic oxidation sites excluding steroid dienone is 1. The van der Waals surface area contributed by atoms with Crippen molar-refractivity contribution in [3.63, 3.8) is 0 Å². The fourth-order valence-corrected chi connectivity index (χ4v) is 0.628. The number of nitrogens with zero attached hydrogens (tertiary/aromatic N) is 1. The molecule has 48 valence electrons. The quantitative estimate of drug-likeness (QED) is 0.532. The van der Waals surface area contributed by atoms with Crippen molar-refractivity contribution < 1.29 is 9.90 Å². The Morgan fingerprint density at radius 2 is 2.56 bits per heavy atom. The highest BCUT2D eigenvalue weighted by Crippen LogP contribution is 1.97. The highest BCUT2D eigenvalue weighted by Gasteiger charge is 2.05. The van der Waals surface area contributed by atoms with E-state index in [0.29, 0.717) is 5.71 Å². The Hall–Kier alpha value is -0.960. The number of carbonyl (C=O) groups is 1. The number of rotatable bonds is 1. The smallest absolute Gasteiger partial charge is 0.162 e. The first-order chi connectivity index (χ1) is 4.33. The average molecular weight is 125 g/mol. The molecule has 0 spiro atoms. The van der Waals surface area contributed by atoms with Crippen LogP contribution in [0.2, 0.25) is 0 Å². The predicted molar refractivity (Wildman–Crippen MR) is 33.3 cm³/mol. The molecule has 0 aromatic heterocycles. The standard InChI is InChI=1S/C6H7NO2/c8-4-5-3-6(9)1-2-7-5/h1-2,8H,3-4H2. The first-order valence-electron chi connectivity index (χ1n) is 2.68. The van der Waals surface area contributed by atoms with Crippen LogP contribution in [0.5, 0.6) is 0 Å². The summed E-state index contributed by atoms with van der Waals surface area (Å²) in [6.07, 6.45) is 3.09. The third-order valence-corrected chi connectivity index (χ3v) is 1.08. The minimum atomic E-state index is -0.115. The molecular formula is C6H7NO2. The van der Waals surface area contributed by atoms with Crippen molar-refractivity contribution in [2.45, 2.75) is 6.42 Å². The number of hydrogen-bond acceptors (Lipinski definition) is 3. The van der Waals surface area contributed by atoms with Crippen molar-refractivity contribution in [1.82, 2.24) is 0 Å². The number of aliphatic imine (C=N–C) groups is 1. The van der Waals surface area contributed by atoms with Gasteiger partial charge in [0.05, 0.1) is 18.7 Å². The number of ketones is 1. The van der Waals surface area contributed by atoms with Crippen LogP contribution in [0.25, 0.3) is 0 Å². The average Bonchev–Trinajstić information content (AvgIpc) is 1.88. The SMILES string of the molecule is O=C1C=CN=C(CO)C1. The van der Waals surface area contributed by atoms with E-state index in [9.17, 15) is 4.79 Å². The third-order valence-electron chi connectivity index (χ3n) is 1.08. The van der Waals surface area contributed by atoms with E-state index in [-0.39, 0.29) is 18.8 Å². The van der Waals surface area contributed by atoms with Crippen molar-refractivity contribution >= 4 is 11.5 Å². The molecule has 0 radical (unpaired) electrons. The molecule has 9 heavy (non-hydrogen) atoms. The number of aliphatic hydroxyl groups is 1. The second-order valence-corrected chi connectivity index (χ2v) is 1.81. The summed E-state index contributed by atoms with van der Waals surface area (Å²) < 4.78 is 0.